The van der Waals surface area contributed by atoms with Gasteiger partial charge in [-0.1, -0.05) is 37.8 Å². The first-order valence-electron chi connectivity index (χ1n) is 14.6. The zero-order valence-electron chi connectivity index (χ0n) is 26.9. The molecule has 0 aliphatic rings. The van der Waals surface area contributed by atoms with Crippen LogP contribution in [0, 0.1) is 6.92 Å². The van der Waals surface area contributed by atoms with Crippen LogP contribution in [0.2, 0.25) is 0 Å². The van der Waals surface area contributed by atoms with Gasteiger partial charge in [-0.2, -0.15) is 0 Å². The van der Waals surface area contributed by atoms with Crippen molar-refractivity contribution in [3.8, 4) is 39.5 Å². The van der Waals surface area contributed by atoms with Gasteiger partial charge in [-0.25, -0.2) is 0 Å². The van der Waals surface area contributed by atoms with Crippen LogP contribution in [0.25, 0.3) is 44.2 Å². The Morgan fingerprint density at radius 2 is 1.08 bits per heavy atom. The maximum absolute atomic E-state index is 12.7. The van der Waals surface area contributed by atoms with Gasteiger partial charge in [0.1, 0.15) is 34.2 Å². The van der Waals surface area contributed by atoms with E-state index in [-0.39, 0.29) is 35.8 Å². The van der Waals surface area contributed by atoms with E-state index in [9.17, 15) is 34.2 Å². The van der Waals surface area contributed by atoms with Crippen LogP contribution in [-0.4, -0.2) is 28.1 Å². The minimum atomic E-state index is -0.562. The summed E-state index contributed by atoms with van der Waals surface area (Å²) in [7, 11) is 0. The van der Waals surface area contributed by atoms with Gasteiger partial charge in [0.05, 0.1) is 26.4 Å². The average Bonchev–Trinajstić information content (AvgIpc) is 3.06. The lowest BCUT2D eigenvalue weighted by Crippen LogP contribution is -2.05. The quantitative estimate of drug-likeness (QED) is 0.0993. The predicted molar refractivity (Wildman–Crippen MR) is 200 cm³/mol. The van der Waals surface area contributed by atoms with Crippen molar-refractivity contribution < 1.29 is 42.9 Å². The van der Waals surface area contributed by atoms with Crippen LogP contribution in [0.3, 0.4) is 0 Å². The molecule has 0 aliphatic heterocycles. The molecule has 6 rings (SSSR count). The SMILES string of the molecule is C.CC(=O)OC(C)=O.CC(=O)Oc1ccc(-c2coc3c(Br)c(C)ccc3c2=O)cc1.O=c1c(-c2ccc(O)cc2)coc2c(Br)c(O)ccc12. The second-order valence-electron chi connectivity index (χ2n) is 10.6. The van der Waals surface area contributed by atoms with Gasteiger partial charge in [0, 0.05) is 20.8 Å². The van der Waals surface area contributed by atoms with Crippen LogP contribution in [0.1, 0.15) is 33.8 Å². The monoisotopic (exact) mass is 822 g/mol. The Morgan fingerprint density at radius 3 is 1.53 bits per heavy atom. The van der Waals surface area contributed by atoms with Crippen molar-refractivity contribution in [2.45, 2.75) is 35.1 Å². The molecule has 0 spiro atoms. The molecule has 0 fully saturated rings. The van der Waals surface area contributed by atoms with Gasteiger partial charge in [0.15, 0.2) is 11.2 Å². The lowest BCUT2D eigenvalue weighted by molar-refractivity contribution is -0.156. The van der Waals surface area contributed by atoms with E-state index in [1.807, 2.05) is 13.0 Å². The Hall–Kier alpha value is -5.53. The number of benzene rings is 4. The van der Waals surface area contributed by atoms with Gasteiger partial charge in [-0.05, 0) is 97.9 Å². The van der Waals surface area contributed by atoms with Crippen LogP contribution in [0.5, 0.6) is 17.2 Å². The summed E-state index contributed by atoms with van der Waals surface area (Å²) in [6.07, 6.45) is 2.80. The van der Waals surface area contributed by atoms with E-state index in [2.05, 4.69) is 36.6 Å². The number of ether oxygens (including phenoxy) is 2. The molecule has 2 N–H and O–H groups in total. The third-order valence-corrected chi connectivity index (χ3v) is 8.58. The van der Waals surface area contributed by atoms with Gasteiger partial charge >= 0.3 is 17.9 Å². The van der Waals surface area contributed by atoms with E-state index in [4.69, 9.17) is 13.6 Å². The number of fused-ring (bicyclic) bond motifs is 2. The fourth-order valence-electron chi connectivity index (χ4n) is 4.53. The lowest BCUT2D eigenvalue weighted by Gasteiger charge is -2.06. The van der Waals surface area contributed by atoms with E-state index in [1.54, 1.807) is 42.5 Å². The van der Waals surface area contributed by atoms with Gasteiger partial charge in [-0.3, -0.25) is 24.0 Å². The molecule has 4 aromatic carbocycles. The fourth-order valence-corrected chi connectivity index (χ4v) is 5.41. The Kier molecular flexibility index (Phi) is 13.6. The van der Waals surface area contributed by atoms with Crippen LogP contribution in [-0.2, 0) is 19.1 Å². The van der Waals surface area contributed by atoms with E-state index < -0.39 is 11.9 Å². The second-order valence-corrected chi connectivity index (χ2v) is 12.1. The van der Waals surface area contributed by atoms with Crippen molar-refractivity contribution in [1.29, 1.82) is 0 Å². The van der Waals surface area contributed by atoms with Crippen molar-refractivity contribution in [3.05, 3.63) is 120 Å². The van der Waals surface area contributed by atoms with Crippen LogP contribution >= 0.6 is 31.9 Å². The Balaban J connectivity index is 0.000000230. The van der Waals surface area contributed by atoms with Gasteiger partial charge < -0.3 is 28.5 Å². The molecule has 0 saturated heterocycles. The highest BCUT2D eigenvalue weighted by atomic mass is 79.9. The average molecular weight is 824 g/mol. The molecule has 0 aliphatic carbocycles. The molecule has 0 amide bonds. The fraction of sp³-hybridized carbons (Fsp3) is 0.132. The van der Waals surface area contributed by atoms with Crippen molar-refractivity contribution in [2.24, 2.45) is 0 Å². The number of carbonyl (C=O) groups is 3. The van der Waals surface area contributed by atoms with Crippen LogP contribution in [0.15, 0.2) is 113 Å². The molecule has 0 radical (unpaired) electrons. The van der Waals surface area contributed by atoms with Crippen molar-refractivity contribution in [2.75, 3.05) is 0 Å². The smallest absolute Gasteiger partial charge is 0.310 e. The molecular formula is C38H32Br2O11. The molecule has 51 heavy (non-hydrogen) atoms. The molecule has 0 atom stereocenters. The largest absolute Gasteiger partial charge is 0.508 e. The number of carbonyl (C=O) groups excluding carboxylic acids is 3. The number of rotatable bonds is 3. The maximum Gasteiger partial charge on any atom is 0.310 e. The second kappa shape index (κ2) is 17.4. The number of halogens is 2. The number of phenolic OH excluding ortho intramolecular Hbond substituents is 2. The van der Waals surface area contributed by atoms with Crippen molar-refractivity contribution in [3.63, 3.8) is 0 Å². The minimum Gasteiger partial charge on any atom is -0.508 e. The number of hydrogen-bond donors (Lipinski definition) is 2. The van der Waals surface area contributed by atoms with Gasteiger partial charge in [-0.15, -0.1) is 0 Å². The molecule has 0 saturated carbocycles. The standard InChI is InChI=1S/C18H13BrO4.C15H9BrO4.C4H6O3.CH4/c1-10-3-8-14-17(21)15(9-22-18(14)16(10)19)12-4-6-13(7-5-12)23-11(2)20;16-13-12(18)6-5-10-14(19)11(7-20-15(10)13)8-1-3-9(17)4-2-8;1-3(5)7-4(2)6;/h3-9H,1-2H3;1-7,17-18H;1-2H3;1H4. The molecule has 2 aromatic heterocycles. The van der Waals surface area contributed by atoms with Crippen molar-refractivity contribution in [1.82, 2.24) is 0 Å². The summed E-state index contributed by atoms with van der Waals surface area (Å²) in [6, 6.07) is 19.6. The van der Waals surface area contributed by atoms with Gasteiger partial charge in [0.25, 0.3) is 0 Å². The topological polar surface area (TPSA) is 171 Å². The highest BCUT2D eigenvalue weighted by Crippen LogP contribution is 2.32. The molecular weight excluding hydrogens is 792 g/mol. The summed E-state index contributed by atoms with van der Waals surface area (Å²) in [4.78, 5) is 55.7. The summed E-state index contributed by atoms with van der Waals surface area (Å²) >= 11 is 6.64. The highest BCUT2D eigenvalue weighted by Gasteiger charge is 2.14. The summed E-state index contributed by atoms with van der Waals surface area (Å²) in [5.74, 6) is -0.933. The highest BCUT2D eigenvalue weighted by molar-refractivity contribution is 9.11. The number of aromatic hydroxyl groups is 2. The first kappa shape index (κ1) is 39.9. The predicted octanol–water partition coefficient (Wildman–Crippen LogP) is 8.82. The summed E-state index contributed by atoms with van der Waals surface area (Å²) in [5.41, 5.74) is 3.75. The molecule has 13 heteroatoms. The normalized spacial score (nSPS) is 10.2. The zero-order valence-corrected chi connectivity index (χ0v) is 30.1. The molecule has 0 bridgehead atoms. The molecule has 6 aromatic rings. The number of phenols is 2. The van der Waals surface area contributed by atoms with E-state index >= 15 is 0 Å². The first-order valence-corrected chi connectivity index (χ1v) is 16.2. The third kappa shape index (κ3) is 9.80. The lowest BCUT2D eigenvalue weighted by atomic mass is 10.0. The van der Waals surface area contributed by atoms with Crippen LogP contribution < -0.4 is 15.6 Å². The molecule has 264 valence electrons. The zero-order chi connectivity index (χ0) is 36.7. The molecule has 2 heterocycles. The Morgan fingerprint density at radius 1 is 0.627 bits per heavy atom. The maximum atomic E-state index is 12.7. The number of hydrogen-bond acceptors (Lipinski definition) is 11. The summed E-state index contributed by atoms with van der Waals surface area (Å²) in [5, 5.41) is 19.8. The molecule has 0 unspecified atom stereocenters. The van der Waals surface area contributed by atoms with Gasteiger partial charge in [0.2, 0.25) is 10.9 Å². The number of esters is 3. The Bertz CT molecular complexity index is 2330. The van der Waals surface area contributed by atoms with Crippen molar-refractivity contribution >= 4 is 71.7 Å². The van der Waals surface area contributed by atoms with E-state index in [0.717, 1.165) is 10.0 Å². The van der Waals surface area contributed by atoms with E-state index in [1.165, 1.54) is 57.6 Å². The number of aryl methyl sites for hydroxylation is 1. The van der Waals surface area contributed by atoms with Crippen LogP contribution in [0.4, 0.5) is 0 Å². The first-order chi connectivity index (χ1) is 23.7. The Labute approximate surface area is 308 Å². The summed E-state index contributed by atoms with van der Waals surface area (Å²) < 4.78 is 21.2. The third-order valence-electron chi connectivity index (χ3n) is 6.83. The minimum absolute atomic E-state index is 0. The molecule has 11 nitrogen and oxygen atoms in total. The summed E-state index contributed by atoms with van der Waals surface area (Å²) in [6.45, 7) is 5.64. The van der Waals surface area contributed by atoms with E-state index in [0.29, 0.717) is 54.4 Å².